The summed E-state index contributed by atoms with van der Waals surface area (Å²) in [6, 6.07) is 21.7. The highest BCUT2D eigenvalue weighted by Crippen LogP contribution is 2.44. The Balaban J connectivity index is 1.24. The van der Waals surface area contributed by atoms with Crippen molar-refractivity contribution in [3.8, 4) is 11.1 Å². The fraction of sp³-hybridized carbons (Fsp3) is 0.250. The van der Waals surface area contributed by atoms with Crippen LogP contribution in [0, 0.1) is 0 Å². The maximum atomic E-state index is 13.1. The molecule has 1 aliphatic carbocycles. The van der Waals surface area contributed by atoms with Crippen molar-refractivity contribution < 1.29 is 24.2 Å². The van der Waals surface area contributed by atoms with Gasteiger partial charge in [0.25, 0.3) is 0 Å². The second-order valence-electron chi connectivity index (χ2n) is 8.98. The number of hydrogen-bond acceptors (Lipinski definition) is 4. The van der Waals surface area contributed by atoms with Gasteiger partial charge in [-0.05, 0) is 40.3 Å². The van der Waals surface area contributed by atoms with Crippen LogP contribution in [-0.2, 0) is 27.3 Å². The maximum absolute atomic E-state index is 13.1. The van der Waals surface area contributed by atoms with E-state index in [1.807, 2.05) is 60.7 Å². The highest BCUT2D eigenvalue weighted by molar-refractivity contribution is 5.89. The highest BCUT2D eigenvalue weighted by atomic mass is 16.5. The van der Waals surface area contributed by atoms with E-state index < -0.39 is 30.1 Å². The lowest BCUT2D eigenvalue weighted by molar-refractivity contribution is -0.152. The molecule has 35 heavy (non-hydrogen) atoms. The smallest absolute Gasteiger partial charge is 0.407 e. The number of nitrogens with one attached hydrogen (secondary N) is 1. The molecule has 7 nitrogen and oxygen atoms in total. The number of carbonyl (C=O) groups excluding carboxylic acids is 2. The fourth-order valence-electron chi connectivity index (χ4n) is 5.10. The number of carboxylic acids is 1. The molecule has 1 heterocycles. The van der Waals surface area contributed by atoms with Crippen molar-refractivity contribution in [3.63, 3.8) is 0 Å². The molecule has 178 valence electrons. The molecule has 0 spiro atoms. The molecule has 1 aliphatic heterocycles. The van der Waals surface area contributed by atoms with Gasteiger partial charge >= 0.3 is 12.1 Å². The number of amides is 2. The Kier molecular flexibility index (Phi) is 5.99. The third-order valence-corrected chi connectivity index (χ3v) is 6.87. The Hall–Kier alpha value is -4.13. The van der Waals surface area contributed by atoms with E-state index in [0.29, 0.717) is 0 Å². The molecule has 0 aromatic heterocycles. The number of benzene rings is 3. The summed E-state index contributed by atoms with van der Waals surface area (Å²) in [7, 11) is 0. The second kappa shape index (κ2) is 9.25. The Morgan fingerprint density at radius 2 is 1.51 bits per heavy atom. The third-order valence-electron chi connectivity index (χ3n) is 6.87. The van der Waals surface area contributed by atoms with Crippen LogP contribution >= 0.6 is 0 Å². The standard InChI is InChI=1S/C28H26N2O5/c1-17(26(31)30-15-19-9-3-2-8-18(19)14-25(30)27(32)33)29-28(34)35-16-24-22-12-6-4-10-20(22)21-11-5-7-13-23(21)24/h2-13,17,24-25H,14-16H2,1H3,(H,29,34)(H,32,33)/t17?,25-/m0/s1. The van der Waals surface area contributed by atoms with Crippen LogP contribution in [0.5, 0.6) is 0 Å². The Morgan fingerprint density at radius 3 is 2.14 bits per heavy atom. The summed E-state index contributed by atoms with van der Waals surface area (Å²) in [5.74, 6) is -1.62. The lowest BCUT2D eigenvalue weighted by Crippen LogP contribution is -2.54. The number of carbonyl (C=O) groups is 3. The number of alkyl carbamates (subject to hydrolysis) is 1. The molecule has 2 aliphatic rings. The molecule has 1 unspecified atom stereocenters. The van der Waals surface area contributed by atoms with Crippen LogP contribution in [-0.4, -0.2) is 46.7 Å². The monoisotopic (exact) mass is 470 g/mol. The minimum absolute atomic E-state index is 0.0888. The van der Waals surface area contributed by atoms with Crippen LogP contribution in [0.1, 0.15) is 35.1 Å². The molecular formula is C28H26N2O5. The summed E-state index contributed by atoms with van der Waals surface area (Å²) in [4.78, 5) is 38.9. The zero-order chi connectivity index (χ0) is 24.5. The first-order chi connectivity index (χ1) is 16.9. The Bertz CT molecular complexity index is 1260. The van der Waals surface area contributed by atoms with E-state index in [-0.39, 0.29) is 25.5 Å². The van der Waals surface area contributed by atoms with Crippen molar-refractivity contribution in [2.75, 3.05) is 6.61 Å². The van der Waals surface area contributed by atoms with Crippen molar-refractivity contribution in [2.45, 2.75) is 37.9 Å². The summed E-state index contributed by atoms with van der Waals surface area (Å²) >= 11 is 0. The molecule has 0 saturated heterocycles. The first-order valence-corrected chi connectivity index (χ1v) is 11.7. The normalized spacial score (nSPS) is 17.1. The topological polar surface area (TPSA) is 95.9 Å². The molecule has 2 N–H and O–H groups in total. The van der Waals surface area contributed by atoms with Crippen LogP contribution in [0.25, 0.3) is 11.1 Å². The summed E-state index contributed by atoms with van der Waals surface area (Å²) < 4.78 is 5.54. The van der Waals surface area contributed by atoms with Gasteiger partial charge in [-0.2, -0.15) is 0 Å². The van der Waals surface area contributed by atoms with Crippen molar-refractivity contribution in [1.29, 1.82) is 0 Å². The van der Waals surface area contributed by atoms with Gasteiger partial charge in [0.1, 0.15) is 18.7 Å². The average Bonchev–Trinajstić information content (AvgIpc) is 3.19. The number of hydrogen-bond donors (Lipinski definition) is 2. The van der Waals surface area contributed by atoms with Gasteiger partial charge in [-0.3, -0.25) is 4.79 Å². The Morgan fingerprint density at radius 1 is 0.943 bits per heavy atom. The molecule has 0 radical (unpaired) electrons. The number of ether oxygens (including phenoxy) is 1. The van der Waals surface area contributed by atoms with Gasteiger partial charge < -0.3 is 20.1 Å². The lowest BCUT2D eigenvalue weighted by atomic mass is 9.93. The highest BCUT2D eigenvalue weighted by Gasteiger charge is 2.37. The molecule has 5 rings (SSSR count). The molecule has 7 heteroatoms. The van der Waals surface area contributed by atoms with Gasteiger partial charge in [0.2, 0.25) is 5.91 Å². The van der Waals surface area contributed by atoms with E-state index in [2.05, 4.69) is 17.4 Å². The average molecular weight is 471 g/mol. The molecule has 0 bridgehead atoms. The van der Waals surface area contributed by atoms with Gasteiger partial charge in [-0.15, -0.1) is 0 Å². The molecule has 0 fully saturated rings. The molecule has 3 aromatic rings. The predicted octanol–water partition coefficient (Wildman–Crippen LogP) is 3.95. The largest absolute Gasteiger partial charge is 0.480 e. The van der Waals surface area contributed by atoms with Crippen LogP contribution in [0.3, 0.4) is 0 Å². The van der Waals surface area contributed by atoms with Crippen molar-refractivity contribution >= 4 is 18.0 Å². The Labute approximate surface area is 203 Å². The minimum atomic E-state index is -1.07. The molecule has 2 amide bonds. The van der Waals surface area contributed by atoms with Gasteiger partial charge in [-0.1, -0.05) is 72.8 Å². The SMILES string of the molecule is CC(NC(=O)OCC1c2ccccc2-c2ccccc21)C(=O)N1Cc2ccccc2C[C@H]1C(=O)O. The van der Waals surface area contributed by atoms with Gasteiger partial charge in [-0.25, -0.2) is 9.59 Å². The van der Waals surface area contributed by atoms with E-state index in [0.717, 1.165) is 33.4 Å². The number of nitrogens with zero attached hydrogens (tertiary/aromatic N) is 1. The summed E-state index contributed by atoms with van der Waals surface area (Å²) in [6.45, 7) is 1.86. The van der Waals surface area contributed by atoms with E-state index in [4.69, 9.17) is 4.74 Å². The van der Waals surface area contributed by atoms with Gasteiger partial charge in [0.15, 0.2) is 0 Å². The van der Waals surface area contributed by atoms with Gasteiger partial charge in [0.05, 0.1) is 0 Å². The first kappa shape index (κ1) is 22.7. The quantitative estimate of drug-likeness (QED) is 0.589. The zero-order valence-electron chi connectivity index (χ0n) is 19.3. The van der Waals surface area contributed by atoms with E-state index >= 15 is 0 Å². The minimum Gasteiger partial charge on any atom is -0.480 e. The third kappa shape index (κ3) is 4.25. The molecule has 3 aromatic carbocycles. The van der Waals surface area contributed by atoms with Crippen LogP contribution in [0.15, 0.2) is 72.8 Å². The molecule has 0 saturated carbocycles. The van der Waals surface area contributed by atoms with Crippen molar-refractivity contribution in [2.24, 2.45) is 0 Å². The van der Waals surface area contributed by atoms with E-state index in [1.165, 1.54) is 4.90 Å². The maximum Gasteiger partial charge on any atom is 0.407 e. The lowest BCUT2D eigenvalue weighted by Gasteiger charge is -2.36. The second-order valence-corrected chi connectivity index (χ2v) is 8.98. The van der Waals surface area contributed by atoms with Crippen LogP contribution in [0.2, 0.25) is 0 Å². The first-order valence-electron chi connectivity index (χ1n) is 11.7. The number of rotatable bonds is 5. The fourth-order valence-corrected chi connectivity index (χ4v) is 5.10. The summed E-state index contributed by atoms with van der Waals surface area (Å²) in [6.07, 6.45) is -0.480. The summed E-state index contributed by atoms with van der Waals surface area (Å²) in [5, 5.41) is 12.3. The predicted molar refractivity (Wildman–Crippen MR) is 130 cm³/mol. The van der Waals surface area contributed by atoms with Crippen LogP contribution < -0.4 is 5.32 Å². The summed E-state index contributed by atoms with van der Waals surface area (Å²) in [5.41, 5.74) is 6.29. The van der Waals surface area contributed by atoms with Crippen molar-refractivity contribution in [3.05, 3.63) is 95.1 Å². The van der Waals surface area contributed by atoms with E-state index in [1.54, 1.807) is 6.92 Å². The zero-order valence-corrected chi connectivity index (χ0v) is 19.3. The van der Waals surface area contributed by atoms with Gasteiger partial charge in [0, 0.05) is 18.9 Å². The molecule has 2 atom stereocenters. The van der Waals surface area contributed by atoms with Crippen molar-refractivity contribution in [1.82, 2.24) is 10.2 Å². The number of carboxylic acid groups (broad SMARTS) is 1. The number of aliphatic carboxylic acids is 1. The molecular weight excluding hydrogens is 444 g/mol. The van der Waals surface area contributed by atoms with Crippen LogP contribution in [0.4, 0.5) is 4.79 Å². The number of fused-ring (bicyclic) bond motifs is 4. The van der Waals surface area contributed by atoms with E-state index in [9.17, 15) is 19.5 Å².